The molecule has 0 saturated carbocycles. The molecule has 3 heteroatoms. The van der Waals surface area contributed by atoms with Gasteiger partial charge in [0.1, 0.15) is 0 Å². The van der Waals surface area contributed by atoms with Crippen LogP contribution in [0.25, 0.3) is 0 Å². The summed E-state index contributed by atoms with van der Waals surface area (Å²) in [6.07, 6.45) is 0.788. The fraction of sp³-hybridized carbons (Fsp3) is 1.00. The van der Waals surface area contributed by atoms with Crippen LogP contribution < -0.4 is 0 Å². The molecular weight excluding hydrogens is 178 g/mol. The van der Waals surface area contributed by atoms with Gasteiger partial charge in [-0.15, -0.1) is 0 Å². The Morgan fingerprint density at radius 3 is 2.64 bits per heavy atom. The van der Waals surface area contributed by atoms with Gasteiger partial charge in [-0.2, -0.15) is 0 Å². The molecule has 84 valence electrons. The molecule has 0 amide bonds. The number of hydrogen-bond acceptors (Lipinski definition) is 3. The summed E-state index contributed by atoms with van der Waals surface area (Å²) in [5, 5.41) is 9.98. The van der Waals surface area contributed by atoms with E-state index in [9.17, 15) is 5.11 Å². The lowest BCUT2D eigenvalue weighted by molar-refractivity contribution is 0.0480. The number of hydrogen-bond donors (Lipinski definition) is 1. The van der Waals surface area contributed by atoms with Gasteiger partial charge in [-0.1, -0.05) is 6.92 Å². The average Bonchev–Trinajstić information content (AvgIpc) is 2.65. The molecule has 0 bridgehead atoms. The minimum Gasteiger partial charge on any atom is -0.391 e. The molecule has 1 heterocycles. The van der Waals surface area contributed by atoms with Crippen molar-refractivity contribution in [2.75, 3.05) is 26.3 Å². The molecule has 0 aromatic rings. The molecule has 2 atom stereocenters. The molecule has 1 N–H and O–H groups in total. The van der Waals surface area contributed by atoms with Crippen molar-refractivity contribution in [2.45, 2.75) is 39.3 Å². The molecule has 1 rings (SSSR count). The Bertz CT molecular complexity index is 155. The first-order valence-corrected chi connectivity index (χ1v) is 5.65. The lowest BCUT2D eigenvalue weighted by Crippen LogP contribution is -2.40. The van der Waals surface area contributed by atoms with E-state index in [1.165, 1.54) is 0 Å². The SMILES string of the molecule is CCN(CC(O)C1CCOC1)C(C)C. The van der Waals surface area contributed by atoms with Gasteiger partial charge < -0.3 is 9.84 Å². The predicted octanol–water partition coefficient (Wildman–Crippen LogP) is 1.11. The van der Waals surface area contributed by atoms with Crippen LogP contribution in [0.4, 0.5) is 0 Å². The van der Waals surface area contributed by atoms with Crippen molar-refractivity contribution in [1.82, 2.24) is 4.90 Å². The molecule has 14 heavy (non-hydrogen) atoms. The molecule has 0 aliphatic carbocycles. The van der Waals surface area contributed by atoms with Crippen LogP contribution in [0.2, 0.25) is 0 Å². The van der Waals surface area contributed by atoms with E-state index in [4.69, 9.17) is 4.74 Å². The Hall–Kier alpha value is -0.120. The van der Waals surface area contributed by atoms with E-state index in [-0.39, 0.29) is 6.10 Å². The molecule has 1 aliphatic heterocycles. The number of rotatable bonds is 5. The third kappa shape index (κ3) is 3.23. The van der Waals surface area contributed by atoms with E-state index in [1.807, 2.05) is 0 Å². The Balaban J connectivity index is 2.33. The van der Waals surface area contributed by atoms with Gasteiger partial charge >= 0.3 is 0 Å². The number of nitrogens with zero attached hydrogens (tertiary/aromatic N) is 1. The van der Waals surface area contributed by atoms with Crippen LogP contribution in [0.1, 0.15) is 27.2 Å². The van der Waals surface area contributed by atoms with E-state index in [2.05, 4.69) is 25.7 Å². The molecule has 0 aromatic heterocycles. The van der Waals surface area contributed by atoms with Gasteiger partial charge in [0, 0.05) is 25.1 Å². The smallest absolute Gasteiger partial charge is 0.0718 e. The van der Waals surface area contributed by atoms with Crippen molar-refractivity contribution < 1.29 is 9.84 Å². The second-order valence-corrected chi connectivity index (χ2v) is 4.37. The van der Waals surface area contributed by atoms with Crippen molar-refractivity contribution in [3.05, 3.63) is 0 Å². The zero-order valence-corrected chi connectivity index (χ0v) is 9.57. The first kappa shape index (κ1) is 12.0. The van der Waals surface area contributed by atoms with Crippen LogP contribution in [-0.4, -0.2) is 48.5 Å². The van der Waals surface area contributed by atoms with Crippen molar-refractivity contribution in [3.63, 3.8) is 0 Å². The largest absolute Gasteiger partial charge is 0.391 e. The van der Waals surface area contributed by atoms with E-state index in [0.717, 1.165) is 32.7 Å². The van der Waals surface area contributed by atoms with E-state index < -0.39 is 0 Å². The van der Waals surface area contributed by atoms with Crippen LogP contribution in [0.5, 0.6) is 0 Å². The second kappa shape index (κ2) is 5.69. The molecular formula is C11H23NO2. The summed E-state index contributed by atoms with van der Waals surface area (Å²) in [5.41, 5.74) is 0. The molecule has 2 unspecified atom stereocenters. The van der Waals surface area contributed by atoms with Gasteiger partial charge in [-0.05, 0) is 26.8 Å². The van der Waals surface area contributed by atoms with Crippen LogP contribution >= 0.6 is 0 Å². The third-order valence-electron chi connectivity index (χ3n) is 3.07. The minimum atomic E-state index is -0.222. The monoisotopic (exact) mass is 201 g/mol. The molecule has 1 saturated heterocycles. The zero-order chi connectivity index (χ0) is 10.6. The summed E-state index contributed by atoms with van der Waals surface area (Å²) in [7, 11) is 0. The fourth-order valence-electron chi connectivity index (χ4n) is 1.95. The predicted molar refractivity (Wildman–Crippen MR) is 57.3 cm³/mol. The third-order valence-corrected chi connectivity index (χ3v) is 3.07. The Morgan fingerprint density at radius 1 is 1.50 bits per heavy atom. The van der Waals surface area contributed by atoms with E-state index in [0.29, 0.717) is 12.0 Å². The first-order valence-electron chi connectivity index (χ1n) is 5.65. The average molecular weight is 201 g/mol. The molecule has 0 aromatic carbocycles. The maximum absolute atomic E-state index is 9.98. The minimum absolute atomic E-state index is 0.222. The molecule has 1 fully saturated rings. The molecule has 0 radical (unpaired) electrons. The van der Waals surface area contributed by atoms with Crippen LogP contribution in [-0.2, 0) is 4.74 Å². The highest BCUT2D eigenvalue weighted by molar-refractivity contribution is 4.76. The first-order chi connectivity index (χ1) is 6.65. The summed E-state index contributed by atoms with van der Waals surface area (Å²) < 4.78 is 5.28. The lowest BCUT2D eigenvalue weighted by Gasteiger charge is -2.29. The van der Waals surface area contributed by atoms with Gasteiger partial charge in [-0.3, -0.25) is 4.90 Å². The van der Waals surface area contributed by atoms with Gasteiger partial charge in [0.15, 0.2) is 0 Å². The highest BCUT2D eigenvalue weighted by Gasteiger charge is 2.25. The number of aliphatic hydroxyl groups excluding tert-OH is 1. The van der Waals surface area contributed by atoms with Crippen molar-refractivity contribution in [1.29, 1.82) is 0 Å². The van der Waals surface area contributed by atoms with Gasteiger partial charge in [0.25, 0.3) is 0 Å². The van der Waals surface area contributed by atoms with Crippen LogP contribution in [0.3, 0.4) is 0 Å². The lowest BCUT2D eigenvalue weighted by atomic mass is 10.0. The van der Waals surface area contributed by atoms with E-state index >= 15 is 0 Å². The standard InChI is InChI=1S/C11H23NO2/c1-4-12(9(2)3)7-11(13)10-5-6-14-8-10/h9-11,13H,4-8H2,1-3H3. The molecule has 3 nitrogen and oxygen atoms in total. The Kier molecular flexibility index (Phi) is 4.85. The number of likely N-dealkylation sites (N-methyl/N-ethyl adjacent to an activating group) is 1. The Labute approximate surface area is 87.1 Å². The van der Waals surface area contributed by atoms with Crippen molar-refractivity contribution in [2.24, 2.45) is 5.92 Å². The summed E-state index contributed by atoms with van der Waals surface area (Å²) in [6.45, 7) is 9.80. The number of ether oxygens (including phenoxy) is 1. The summed E-state index contributed by atoms with van der Waals surface area (Å²) in [5.74, 6) is 0.350. The highest BCUT2D eigenvalue weighted by Crippen LogP contribution is 2.17. The maximum Gasteiger partial charge on any atom is 0.0718 e. The van der Waals surface area contributed by atoms with Crippen LogP contribution in [0.15, 0.2) is 0 Å². The zero-order valence-electron chi connectivity index (χ0n) is 9.57. The second-order valence-electron chi connectivity index (χ2n) is 4.37. The van der Waals surface area contributed by atoms with Crippen molar-refractivity contribution in [3.8, 4) is 0 Å². The topological polar surface area (TPSA) is 32.7 Å². The van der Waals surface area contributed by atoms with Gasteiger partial charge in [0.05, 0.1) is 12.7 Å². The summed E-state index contributed by atoms with van der Waals surface area (Å²) in [6, 6.07) is 0.511. The molecule has 1 aliphatic rings. The quantitative estimate of drug-likeness (QED) is 0.723. The fourth-order valence-corrected chi connectivity index (χ4v) is 1.95. The van der Waals surface area contributed by atoms with Gasteiger partial charge in [0.2, 0.25) is 0 Å². The normalized spacial score (nSPS) is 24.9. The molecule has 0 spiro atoms. The van der Waals surface area contributed by atoms with Gasteiger partial charge in [-0.25, -0.2) is 0 Å². The van der Waals surface area contributed by atoms with Crippen molar-refractivity contribution >= 4 is 0 Å². The number of aliphatic hydroxyl groups is 1. The van der Waals surface area contributed by atoms with E-state index in [1.54, 1.807) is 0 Å². The highest BCUT2D eigenvalue weighted by atomic mass is 16.5. The summed E-state index contributed by atoms with van der Waals surface area (Å²) in [4.78, 5) is 2.29. The summed E-state index contributed by atoms with van der Waals surface area (Å²) >= 11 is 0. The van der Waals surface area contributed by atoms with Crippen LogP contribution in [0, 0.1) is 5.92 Å². The Morgan fingerprint density at radius 2 is 2.21 bits per heavy atom. The maximum atomic E-state index is 9.98.